The van der Waals surface area contributed by atoms with E-state index in [1.807, 2.05) is 0 Å². The lowest BCUT2D eigenvalue weighted by molar-refractivity contribution is 0.289. The highest BCUT2D eigenvalue weighted by molar-refractivity contribution is 5.53. The summed E-state index contributed by atoms with van der Waals surface area (Å²) in [4.78, 5) is 9.23. The Bertz CT molecular complexity index is 753. The second-order valence-electron chi connectivity index (χ2n) is 8.15. The van der Waals surface area contributed by atoms with Crippen molar-refractivity contribution in [2.75, 3.05) is 24.1 Å². The minimum Gasteiger partial charge on any atom is -0.369 e. The normalized spacial score (nSPS) is 25.0. The molecule has 2 aliphatic rings. The van der Waals surface area contributed by atoms with Crippen molar-refractivity contribution in [3.05, 3.63) is 47.2 Å². The number of fused-ring (bicyclic) bond motifs is 1. The summed E-state index contributed by atoms with van der Waals surface area (Å²) in [6, 6.07) is 10.7. The molecular weight excluding hydrogens is 334 g/mol. The highest BCUT2D eigenvalue weighted by Gasteiger charge is 2.27. The van der Waals surface area contributed by atoms with Crippen LogP contribution in [0.15, 0.2) is 30.3 Å². The third-order valence-electron chi connectivity index (χ3n) is 6.37. The molecule has 0 bridgehead atoms. The Hall–Kier alpha value is -2.14. The molecule has 2 aromatic rings. The highest BCUT2D eigenvalue weighted by atomic mass is 15.1. The van der Waals surface area contributed by atoms with Crippen molar-refractivity contribution in [2.45, 2.75) is 50.9 Å². The van der Waals surface area contributed by atoms with Gasteiger partial charge in [-0.1, -0.05) is 30.3 Å². The Morgan fingerprint density at radius 1 is 0.963 bits per heavy atom. The molecule has 1 atom stereocenters. The van der Waals surface area contributed by atoms with Gasteiger partial charge >= 0.3 is 0 Å². The molecule has 1 aromatic heterocycles. The monoisotopic (exact) mass is 365 g/mol. The standard InChI is InChI=1S/C22H31N5/c23-13-15-9-11-16(12-10-15)14-25-21-19-8-4-7-18(17-5-2-1-3-6-17)20(19)26-22(24)27-21/h1-3,5-6,15-16,18H,4,7-14,23H2,(H3,24,25,26,27). The van der Waals surface area contributed by atoms with Crippen LogP contribution < -0.4 is 16.8 Å². The Kier molecular flexibility index (Phi) is 5.58. The van der Waals surface area contributed by atoms with E-state index in [4.69, 9.17) is 11.5 Å². The summed E-state index contributed by atoms with van der Waals surface area (Å²) in [6.45, 7) is 1.80. The van der Waals surface area contributed by atoms with E-state index in [0.717, 1.165) is 49.8 Å². The maximum atomic E-state index is 6.09. The van der Waals surface area contributed by atoms with Crippen LogP contribution in [0.5, 0.6) is 0 Å². The molecule has 1 heterocycles. The van der Waals surface area contributed by atoms with Crippen LogP contribution in [0.25, 0.3) is 0 Å². The topological polar surface area (TPSA) is 89.8 Å². The largest absolute Gasteiger partial charge is 0.369 e. The molecule has 0 spiro atoms. The highest BCUT2D eigenvalue weighted by Crippen LogP contribution is 2.38. The van der Waals surface area contributed by atoms with E-state index in [9.17, 15) is 0 Å². The van der Waals surface area contributed by atoms with Crippen molar-refractivity contribution in [2.24, 2.45) is 17.6 Å². The van der Waals surface area contributed by atoms with E-state index in [2.05, 4.69) is 45.6 Å². The van der Waals surface area contributed by atoms with Gasteiger partial charge in [-0.3, -0.25) is 0 Å². The lowest BCUT2D eigenvalue weighted by Gasteiger charge is -2.29. The molecule has 0 radical (unpaired) electrons. The summed E-state index contributed by atoms with van der Waals surface area (Å²) in [5.41, 5.74) is 15.6. The van der Waals surface area contributed by atoms with Crippen molar-refractivity contribution in [3.8, 4) is 0 Å². The fraction of sp³-hybridized carbons (Fsp3) is 0.545. The SMILES string of the molecule is NCC1CCC(CNc2nc(N)nc3c2CCCC3c2ccccc2)CC1. The van der Waals surface area contributed by atoms with Gasteiger partial charge in [-0.25, -0.2) is 4.98 Å². The van der Waals surface area contributed by atoms with Crippen molar-refractivity contribution in [1.29, 1.82) is 0 Å². The quantitative estimate of drug-likeness (QED) is 0.751. The summed E-state index contributed by atoms with van der Waals surface area (Å²) in [6.07, 6.45) is 8.33. The fourth-order valence-corrected chi connectivity index (χ4v) is 4.74. The Balaban J connectivity index is 1.52. The molecule has 0 saturated heterocycles. The maximum Gasteiger partial charge on any atom is 0.222 e. The van der Waals surface area contributed by atoms with Crippen molar-refractivity contribution >= 4 is 11.8 Å². The molecule has 1 unspecified atom stereocenters. The summed E-state index contributed by atoms with van der Waals surface area (Å²) < 4.78 is 0. The predicted octanol–water partition coefficient (Wildman–Crippen LogP) is 3.70. The molecule has 1 saturated carbocycles. The minimum absolute atomic E-state index is 0.320. The van der Waals surface area contributed by atoms with Crippen LogP contribution in [-0.2, 0) is 6.42 Å². The lowest BCUT2D eigenvalue weighted by Crippen LogP contribution is -2.26. The predicted molar refractivity (Wildman–Crippen MR) is 111 cm³/mol. The first-order valence-corrected chi connectivity index (χ1v) is 10.4. The van der Waals surface area contributed by atoms with E-state index >= 15 is 0 Å². The number of hydrogen-bond donors (Lipinski definition) is 3. The van der Waals surface area contributed by atoms with Crippen molar-refractivity contribution in [3.63, 3.8) is 0 Å². The van der Waals surface area contributed by atoms with E-state index in [1.165, 1.54) is 36.8 Å². The van der Waals surface area contributed by atoms with Gasteiger partial charge in [-0.2, -0.15) is 4.98 Å². The van der Waals surface area contributed by atoms with Crippen LogP contribution in [0.4, 0.5) is 11.8 Å². The van der Waals surface area contributed by atoms with E-state index in [0.29, 0.717) is 17.8 Å². The van der Waals surface area contributed by atoms with Gasteiger partial charge in [0.1, 0.15) is 5.82 Å². The number of nitrogens with zero attached hydrogens (tertiary/aromatic N) is 2. The van der Waals surface area contributed by atoms with Crippen LogP contribution in [0.2, 0.25) is 0 Å². The smallest absolute Gasteiger partial charge is 0.222 e. The number of anilines is 2. The van der Waals surface area contributed by atoms with Crippen LogP contribution in [0.3, 0.4) is 0 Å². The summed E-state index contributed by atoms with van der Waals surface area (Å²) >= 11 is 0. The molecular formula is C22H31N5. The molecule has 27 heavy (non-hydrogen) atoms. The third-order valence-corrected chi connectivity index (χ3v) is 6.37. The first-order valence-electron chi connectivity index (χ1n) is 10.4. The van der Waals surface area contributed by atoms with Gasteiger partial charge in [0, 0.05) is 18.0 Å². The van der Waals surface area contributed by atoms with Crippen LogP contribution in [-0.4, -0.2) is 23.1 Å². The second kappa shape index (κ2) is 8.26. The van der Waals surface area contributed by atoms with Gasteiger partial charge in [-0.05, 0) is 68.9 Å². The zero-order valence-corrected chi connectivity index (χ0v) is 16.0. The molecule has 0 aliphatic heterocycles. The zero-order valence-electron chi connectivity index (χ0n) is 16.0. The molecule has 4 rings (SSSR count). The maximum absolute atomic E-state index is 6.09. The minimum atomic E-state index is 0.320. The third kappa shape index (κ3) is 4.08. The molecule has 1 fully saturated rings. The van der Waals surface area contributed by atoms with Crippen LogP contribution >= 0.6 is 0 Å². The van der Waals surface area contributed by atoms with Crippen molar-refractivity contribution in [1.82, 2.24) is 9.97 Å². The number of rotatable bonds is 5. The Morgan fingerprint density at radius 2 is 1.70 bits per heavy atom. The summed E-state index contributed by atoms with van der Waals surface area (Å²) in [5, 5.41) is 3.63. The van der Waals surface area contributed by atoms with E-state index in [1.54, 1.807) is 0 Å². The Labute approximate surface area is 162 Å². The number of nitrogens with two attached hydrogens (primary N) is 2. The molecule has 2 aliphatic carbocycles. The van der Waals surface area contributed by atoms with Gasteiger partial charge in [0.25, 0.3) is 0 Å². The number of nitrogen functional groups attached to an aromatic ring is 1. The van der Waals surface area contributed by atoms with E-state index in [-0.39, 0.29) is 0 Å². The number of benzene rings is 1. The van der Waals surface area contributed by atoms with Crippen LogP contribution in [0.1, 0.15) is 61.3 Å². The summed E-state index contributed by atoms with van der Waals surface area (Å²) in [7, 11) is 0. The molecule has 1 aromatic carbocycles. The van der Waals surface area contributed by atoms with Gasteiger partial charge in [0.05, 0.1) is 5.69 Å². The number of aromatic nitrogens is 2. The second-order valence-corrected chi connectivity index (χ2v) is 8.15. The molecule has 5 heteroatoms. The van der Waals surface area contributed by atoms with Gasteiger partial charge in [-0.15, -0.1) is 0 Å². The van der Waals surface area contributed by atoms with E-state index < -0.39 is 0 Å². The number of nitrogens with one attached hydrogen (secondary N) is 1. The van der Waals surface area contributed by atoms with Gasteiger partial charge in [0.15, 0.2) is 0 Å². The first kappa shape index (κ1) is 18.2. The molecule has 5 N–H and O–H groups in total. The number of hydrogen-bond acceptors (Lipinski definition) is 5. The molecule has 5 nitrogen and oxygen atoms in total. The molecule has 0 amide bonds. The summed E-state index contributed by atoms with van der Waals surface area (Å²) in [5.74, 6) is 3.08. The zero-order chi connectivity index (χ0) is 18.6. The van der Waals surface area contributed by atoms with Crippen LogP contribution in [0, 0.1) is 11.8 Å². The molecule has 144 valence electrons. The fourth-order valence-electron chi connectivity index (χ4n) is 4.74. The average Bonchev–Trinajstić information content (AvgIpc) is 2.72. The van der Waals surface area contributed by atoms with Gasteiger partial charge in [0.2, 0.25) is 5.95 Å². The average molecular weight is 366 g/mol. The van der Waals surface area contributed by atoms with Crippen molar-refractivity contribution < 1.29 is 0 Å². The van der Waals surface area contributed by atoms with Gasteiger partial charge < -0.3 is 16.8 Å². The lowest BCUT2D eigenvalue weighted by atomic mass is 9.81. The Morgan fingerprint density at radius 3 is 2.44 bits per heavy atom. The first-order chi connectivity index (χ1) is 13.2.